The van der Waals surface area contributed by atoms with E-state index in [1.807, 2.05) is 17.8 Å². The van der Waals surface area contributed by atoms with Gasteiger partial charge in [-0.2, -0.15) is 0 Å². The van der Waals surface area contributed by atoms with Crippen LogP contribution in [0.3, 0.4) is 0 Å². The van der Waals surface area contributed by atoms with Gasteiger partial charge in [0.1, 0.15) is 5.82 Å². The van der Waals surface area contributed by atoms with Crippen molar-refractivity contribution in [1.82, 2.24) is 9.55 Å². The fourth-order valence-electron chi connectivity index (χ4n) is 2.65. The smallest absolute Gasteiger partial charge is 0.108 e. The Morgan fingerprint density at radius 1 is 1.65 bits per heavy atom. The molecule has 1 aliphatic heterocycles. The van der Waals surface area contributed by atoms with E-state index in [0.29, 0.717) is 5.92 Å². The van der Waals surface area contributed by atoms with Crippen molar-refractivity contribution in [3.63, 3.8) is 0 Å². The van der Waals surface area contributed by atoms with Crippen molar-refractivity contribution in [1.29, 1.82) is 0 Å². The van der Waals surface area contributed by atoms with Gasteiger partial charge in [-0.05, 0) is 19.3 Å². The molecule has 4 heteroatoms. The van der Waals surface area contributed by atoms with E-state index in [1.54, 1.807) is 6.20 Å². The molecular weight excluding hydrogens is 216 g/mol. The Bertz CT molecular complexity index is 351. The Balaban J connectivity index is 1.85. The second-order valence-electron chi connectivity index (χ2n) is 4.83. The molecule has 3 atom stereocenters. The monoisotopic (exact) mass is 238 g/mol. The summed E-state index contributed by atoms with van der Waals surface area (Å²) in [6, 6.07) is 0. The Kier molecular flexibility index (Phi) is 4.18. The van der Waals surface area contributed by atoms with E-state index in [9.17, 15) is 5.11 Å². The minimum atomic E-state index is -0.265. The van der Waals surface area contributed by atoms with Gasteiger partial charge in [-0.1, -0.05) is 6.92 Å². The molecule has 0 saturated carbocycles. The Morgan fingerprint density at radius 2 is 2.47 bits per heavy atom. The van der Waals surface area contributed by atoms with Crippen LogP contribution in [0, 0.1) is 5.92 Å². The predicted octanol–water partition coefficient (Wildman–Crippen LogP) is 1.53. The Labute approximate surface area is 103 Å². The first-order chi connectivity index (χ1) is 8.22. The van der Waals surface area contributed by atoms with Crippen LogP contribution in [0.2, 0.25) is 0 Å². The first-order valence-corrected chi connectivity index (χ1v) is 6.48. The van der Waals surface area contributed by atoms with Gasteiger partial charge in [0.2, 0.25) is 0 Å². The fraction of sp³-hybridized carbons (Fsp3) is 0.769. The molecule has 0 spiro atoms. The van der Waals surface area contributed by atoms with Gasteiger partial charge in [-0.15, -0.1) is 0 Å². The van der Waals surface area contributed by atoms with Gasteiger partial charge in [0.15, 0.2) is 0 Å². The Hall–Kier alpha value is -0.870. The maximum absolute atomic E-state index is 10.2. The molecule has 1 aliphatic rings. The third-order valence-electron chi connectivity index (χ3n) is 3.74. The highest BCUT2D eigenvalue weighted by Gasteiger charge is 2.32. The average Bonchev–Trinajstić information content (AvgIpc) is 2.94. The van der Waals surface area contributed by atoms with Gasteiger partial charge in [0, 0.05) is 38.4 Å². The van der Waals surface area contributed by atoms with E-state index in [0.717, 1.165) is 38.1 Å². The van der Waals surface area contributed by atoms with Gasteiger partial charge in [-0.3, -0.25) is 0 Å². The number of nitrogens with zero attached hydrogens (tertiary/aromatic N) is 2. The third-order valence-corrected chi connectivity index (χ3v) is 3.74. The molecule has 1 aromatic rings. The second kappa shape index (κ2) is 5.65. The molecule has 17 heavy (non-hydrogen) atoms. The van der Waals surface area contributed by atoms with Crippen molar-refractivity contribution >= 4 is 0 Å². The van der Waals surface area contributed by atoms with E-state index in [2.05, 4.69) is 11.9 Å². The standard InChI is InChI=1S/C13H22N2O2/c1-3-12-10(6-9-17-12)11(16)4-5-13-14-7-8-15(13)2/h7-8,10-12,16H,3-6,9H2,1-2H3. The van der Waals surface area contributed by atoms with Gasteiger partial charge >= 0.3 is 0 Å². The van der Waals surface area contributed by atoms with Crippen LogP contribution in [0.5, 0.6) is 0 Å². The third kappa shape index (κ3) is 2.87. The molecule has 4 nitrogen and oxygen atoms in total. The molecule has 1 saturated heterocycles. The predicted molar refractivity (Wildman–Crippen MR) is 65.7 cm³/mol. The van der Waals surface area contributed by atoms with Crippen LogP contribution in [0.25, 0.3) is 0 Å². The lowest BCUT2D eigenvalue weighted by Gasteiger charge is -2.22. The molecule has 3 unspecified atom stereocenters. The summed E-state index contributed by atoms with van der Waals surface area (Å²) in [4.78, 5) is 4.27. The van der Waals surface area contributed by atoms with Crippen molar-refractivity contribution in [2.24, 2.45) is 13.0 Å². The molecule has 96 valence electrons. The van der Waals surface area contributed by atoms with E-state index >= 15 is 0 Å². The van der Waals surface area contributed by atoms with E-state index < -0.39 is 0 Å². The van der Waals surface area contributed by atoms with Crippen molar-refractivity contribution in [3.05, 3.63) is 18.2 Å². The zero-order chi connectivity index (χ0) is 12.3. The summed E-state index contributed by atoms with van der Waals surface area (Å²) >= 11 is 0. The van der Waals surface area contributed by atoms with Crippen LogP contribution in [-0.2, 0) is 18.2 Å². The Morgan fingerprint density at radius 3 is 3.12 bits per heavy atom. The summed E-state index contributed by atoms with van der Waals surface area (Å²) in [5, 5.41) is 10.2. The number of rotatable bonds is 5. The van der Waals surface area contributed by atoms with Gasteiger partial charge < -0.3 is 14.4 Å². The van der Waals surface area contributed by atoms with Gasteiger partial charge in [-0.25, -0.2) is 4.98 Å². The lowest BCUT2D eigenvalue weighted by Crippen LogP contribution is -2.28. The molecule has 0 aliphatic carbocycles. The highest BCUT2D eigenvalue weighted by Crippen LogP contribution is 2.28. The minimum absolute atomic E-state index is 0.242. The number of hydrogen-bond acceptors (Lipinski definition) is 3. The highest BCUT2D eigenvalue weighted by atomic mass is 16.5. The van der Waals surface area contributed by atoms with Crippen LogP contribution in [-0.4, -0.2) is 33.5 Å². The molecule has 0 radical (unpaired) electrons. The van der Waals surface area contributed by atoms with Crippen LogP contribution in [0.1, 0.15) is 32.0 Å². The number of aromatic nitrogens is 2. The van der Waals surface area contributed by atoms with E-state index in [-0.39, 0.29) is 12.2 Å². The number of hydrogen-bond donors (Lipinski definition) is 1. The molecule has 1 aromatic heterocycles. The quantitative estimate of drug-likeness (QED) is 0.846. The van der Waals surface area contributed by atoms with Crippen molar-refractivity contribution in [3.8, 4) is 0 Å². The van der Waals surface area contributed by atoms with Crippen molar-refractivity contribution < 1.29 is 9.84 Å². The SMILES string of the molecule is CCC1OCCC1C(O)CCc1nccn1C. The number of imidazole rings is 1. The molecule has 2 rings (SSSR count). The zero-order valence-corrected chi connectivity index (χ0v) is 10.7. The molecule has 1 N–H and O–H groups in total. The molecule has 0 aromatic carbocycles. The maximum atomic E-state index is 10.2. The first-order valence-electron chi connectivity index (χ1n) is 6.48. The number of ether oxygens (including phenoxy) is 1. The van der Waals surface area contributed by atoms with Gasteiger partial charge in [0.05, 0.1) is 12.2 Å². The molecule has 0 bridgehead atoms. The molecule has 0 amide bonds. The fourth-order valence-corrected chi connectivity index (χ4v) is 2.65. The zero-order valence-electron chi connectivity index (χ0n) is 10.7. The molecule has 1 fully saturated rings. The summed E-state index contributed by atoms with van der Waals surface area (Å²) in [6.07, 6.45) is 7.30. The summed E-state index contributed by atoms with van der Waals surface area (Å²) < 4.78 is 7.62. The number of aliphatic hydroxyl groups is 1. The summed E-state index contributed by atoms with van der Waals surface area (Å²) in [6.45, 7) is 2.91. The normalized spacial score (nSPS) is 26.3. The van der Waals surface area contributed by atoms with Crippen LogP contribution >= 0.6 is 0 Å². The second-order valence-corrected chi connectivity index (χ2v) is 4.83. The van der Waals surface area contributed by atoms with E-state index in [4.69, 9.17) is 4.74 Å². The summed E-state index contributed by atoms with van der Waals surface area (Å²) in [5.74, 6) is 1.34. The summed E-state index contributed by atoms with van der Waals surface area (Å²) in [7, 11) is 1.99. The van der Waals surface area contributed by atoms with Crippen molar-refractivity contribution in [2.45, 2.75) is 44.8 Å². The number of aryl methyl sites for hydroxylation is 2. The largest absolute Gasteiger partial charge is 0.393 e. The molecule has 2 heterocycles. The lowest BCUT2D eigenvalue weighted by atomic mass is 9.90. The van der Waals surface area contributed by atoms with Crippen LogP contribution in [0.4, 0.5) is 0 Å². The molecular formula is C13H22N2O2. The van der Waals surface area contributed by atoms with Gasteiger partial charge in [0.25, 0.3) is 0 Å². The highest BCUT2D eigenvalue weighted by molar-refractivity contribution is 4.92. The topological polar surface area (TPSA) is 47.3 Å². The average molecular weight is 238 g/mol. The maximum Gasteiger partial charge on any atom is 0.108 e. The summed E-state index contributed by atoms with van der Waals surface area (Å²) in [5.41, 5.74) is 0. The minimum Gasteiger partial charge on any atom is -0.393 e. The van der Waals surface area contributed by atoms with Crippen LogP contribution < -0.4 is 0 Å². The van der Waals surface area contributed by atoms with E-state index in [1.165, 1.54) is 0 Å². The lowest BCUT2D eigenvalue weighted by molar-refractivity contribution is 0.0278. The van der Waals surface area contributed by atoms with Crippen LogP contribution in [0.15, 0.2) is 12.4 Å². The first kappa shape index (κ1) is 12.6. The van der Waals surface area contributed by atoms with Crippen molar-refractivity contribution in [2.75, 3.05) is 6.61 Å². The number of aliphatic hydroxyl groups excluding tert-OH is 1.